The van der Waals surface area contributed by atoms with Gasteiger partial charge in [-0.15, -0.1) is 6.42 Å². The predicted molar refractivity (Wildman–Crippen MR) is 58.2 cm³/mol. The number of carbonyl (C=O) groups is 1. The smallest absolute Gasteiger partial charge is 0.335 e. The van der Waals surface area contributed by atoms with Crippen LogP contribution in [-0.4, -0.2) is 24.2 Å². The second-order valence-electron chi connectivity index (χ2n) is 3.52. The molecule has 0 radical (unpaired) electrons. The molecule has 0 saturated heterocycles. The van der Waals surface area contributed by atoms with Crippen LogP contribution in [0.25, 0.3) is 0 Å². The molecule has 1 aliphatic heterocycles. The first kappa shape index (κ1) is 9.60. The molecule has 1 aliphatic rings. The van der Waals surface area contributed by atoms with Crippen molar-refractivity contribution < 1.29 is 9.90 Å². The van der Waals surface area contributed by atoms with Gasteiger partial charge in [0.05, 0.1) is 12.1 Å². The van der Waals surface area contributed by atoms with Crippen LogP contribution in [0.4, 0.5) is 5.69 Å². The summed E-state index contributed by atoms with van der Waals surface area (Å²) in [6.07, 6.45) is 6.20. The topological polar surface area (TPSA) is 40.5 Å². The second kappa shape index (κ2) is 3.66. The molecule has 0 atom stereocenters. The van der Waals surface area contributed by atoms with E-state index in [-0.39, 0.29) is 0 Å². The molecule has 1 heterocycles. The molecule has 15 heavy (non-hydrogen) atoms. The van der Waals surface area contributed by atoms with Crippen LogP contribution >= 0.6 is 0 Å². The Morgan fingerprint density at radius 3 is 3.07 bits per heavy atom. The van der Waals surface area contributed by atoms with E-state index < -0.39 is 5.97 Å². The van der Waals surface area contributed by atoms with Gasteiger partial charge >= 0.3 is 5.97 Å². The zero-order valence-corrected chi connectivity index (χ0v) is 8.23. The number of rotatable bonds is 2. The lowest BCUT2D eigenvalue weighted by Gasteiger charge is -2.15. The van der Waals surface area contributed by atoms with Crippen LogP contribution in [0.3, 0.4) is 0 Å². The summed E-state index contributed by atoms with van der Waals surface area (Å²) < 4.78 is 0. The van der Waals surface area contributed by atoms with Gasteiger partial charge in [-0.3, -0.25) is 0 Å². The summed E-state index contributed by atoms with van der Waals surface area (Å²) in [4.78, 5) is 12.8. The minimum atomic E-state index is -0.898. The highest BCUT2D eigenvalue weighted by Crippen LogP contribution is 2.28. The molecule has 2 rings (SSSR count). The van der Waals surface area contributed by atoms with Crippen molar-refractivity contribution in [1.29, 1.82) is 0 Å². The van der Waals surface area contributed by atoms with Gasteiger partial charge < -0.3 is 10.0 Å². The SMILES string of the molecule is C#CCN1CCc2ccc(C(=O)O)cc21. The van der Waals surface area contributed by atoms with Gasteiger partial charge in [0.1, 0.15) is 0 Å². The third-order valence-electron chi connectivity index (χ3n) is 2.61. The van der Waals surface area contributed by atoms with Crippen molar-refractivity contribution in [2.75, 3.05) is 18.0 Å². The highest BCUT2D eigenvalue weighted by atomic mass is 16.4. The molecule has 1 aromatic carbocycles. The van der Waals surface area contributed by atoms with Crippen LogP contribution in [0.2, 0.25) is 0 Å². The second-order valence-corrected chi connectivity index (χ2v) is 3.52. The van der Waals surface area contributed by atoms with Gasteiger partial charge in [0.15, 0.2) is 0 Å². The third kappa shape index (κ3) is 1.66. The Labute approximate surface area is 88.3 Å². The summed E-state index contributed by atoms with van der Waals surface area (Å²) in [6.45, 7) is 1.42. The number of carboxylic acids is 1. The fraction of sp³-hybridized carbons (Fsp3) is 0.250. The summed E-state index contributed by atoms with van der Waals surface area (Å²) in [6, 6.07) is 5.21. The first-order valence-electron chi connectivity index (χ1n) is 4.77. The van der Waals surface area contributed by atoms with E-state index in [4.69, 9.17) is 11.5 Å². The molecule has 1 N–H and O–H groups in total. The molecule has 1 aromatic rings. The largest absolute Gasteiger partial charge is 0.478 e. The van der Waals surface area contributed by atoms with Gasteiger partial charge in [0.25, 0.3) is 0 Å². The Morgan fingerprint density at radius 2 is 2.40 bits per heavy atom. The third-order valence-corrected chi connectivity index (χ3v) is 2.61. The number of aromatic carboxylic acids is 1. The fourth-order valence-corrected chi connectivity index (χ4v) is 1.85. The molecule has 0 saturated carbocycles. The van der Waals surface area contributed by atoms with Crippen molar-refractivity contribution in [3.8, 4) is 12.3 Å². The molecule has 0 aromatic heterocycles. The number of hydrogen-bond donors (Lipinski definition) is 1. The van der Waals surface area contributed by atoms with E-state index >= 15 is 0 Å². The summed E-state index contributed by atoms with van der Waals surface area (Å²) in [5.41, 5.74) is 2.46. The monoisotopic (exact) mass is 201 g/mol. The number of terminal acetylenes is 1. The normalized spacial score (nSPS) is 13.4. The maximum Gasteiger partial charge on any atom is 0.335 e. The standard InChI is InChI=1S/C12H11NO2/c1-2-6-13-7-5-9-3-4-10(12(14)15)8-11(9)13/h1,3-4,8H,5-7H2,(H,14,15). The zero-order chi connectivity index (χ0) is 10.8. The van der Waals surface area contributed by atoms with E-state index in [2.05, 4.69) is 5.92 Å². The van der Waals surface area contributed by atoms with E-state index in [1.54, 1.807) is 12.1 Å². The van der Waals surface area contributed by atoms with Gasteiger partial charge in [0.2, 0.25) is 0 Å². The van der Waals surface area contributed by atoms with Crippen LogP contribution in [0, 0.1) is 12.3 Å². The predicted octanol–water partition coefficient (Wildman–Crippen LogP) is 1.38. The van der Waals surface area contributed by atoms with Crippen molar-refractivity contribution >= 4 is 11.7 Å². The van der Waals surface area contributed by atoms with Gasteiger partial charge in [-0.2, -0.15) is 0 Å². The molecule has 76 valence electrons. The molecule has 0 unspecified atom stereocenters. The summed E-state index contributed by atoms with van der Waals surface area (Å²) in [5.74, 6) is 1.68. The molecular weight excluding hydrogens is 190 g/mol. The average Bonchev–Trinajstić information content (AvgIpc) is 2.61. The average molecular weight is 201 g/mol. The van der Waals surface area contributed by atoms with Crippen molar-refractivity contribution in [3.63, 3.8) is 0 Å². The van der Waals surface area contributed by atoms with Crippen LogP contribution in [0.15, 0.2) is 18.2 Å². The van der Waals surface area contributed by atoms with Crippen LogP contribution in [0.5, 0.6) is 0 Å². The number of fused-ring (bicyclic) bond motifs is 1. The maximum absolute atomic E-state index is 10.8. The maximum atomic E-state index is 10.8. The van der Waals surface area contributed by atoms with Gasteiger partial charge in [0, 0.05) is 12.2 Å². The molecular formula is C12H11NO2. The molecule has 0 amide bonds. The molecule has 0 spiro atoms. The zero-order valence-electron chi connectivity index (χ0n) is 8.23. The highest BCUT2D eigenvalue weighted by Gasteiger charge is 2.19. The Hall–Kier alpha value is -1.95. The lowest BCUT2D eigenvalue weighted by atomic mass is 10.1. The molecule has 3 heteroatoms. The molecule has 0 aliphatic carbocycles. The number of hydrogen-bond acceptors (Lipinski definition) is 2. The Balaban J connectivity index is 2.38. The molecule has 0 fully saturated rings. The van der Waals surface area contributed by atoms with E-state index in [0.29, 0.717) is 12.1 Å². The number of benzene rings is 1. The van der Waals surface area contributed by atoms with Crippen molar-refractivity contribution in [2.24, 2.45) is 0 Å². The van der Waals surface area contributed by atoms with E-state index in [9.17, 15) is 4.79 Å². The van der Waals surface area contributed by atoms with Crippen LogP contribution in [-0.2, 0) is 6.42 Å². The Kier molecular flexibility index (Phi) is 2.34. The lowest BCUT2D eigenvalue weighted by Crippen LogP contribution is -2.20. The summed E-state index contributed by atoms with van der Waals surface area (Å²) in [7, 11) is 0. The van der Waals surface area contributed by atoms with Crippen LogP contribution < -0.4 is 4.90 Å². The van der Waals surface area contributed by atoms with Crippen LogP contribution in [0.1, 0.15) is 15.9 Å². The first-order chi connectivity index (χ1) is 7.22. The van der Waals surface area contributed by atoms with E-state index in [1.807, 2.05) is 11.0 Å². The summed E-state index contributed by atoms with van der Waals surface area (Å²) in [5, 5.41) is 8.87. The quantitative estimate of drug-likeness (QED) is 0.735. The van der Waals surface area contributed by atoms with Crippen molar-refractivity contribution in [1.82, 2.24) is 0 Å². The molecule has 0 bridgehead atoms. The van der Waals surface area contributed by atoms with Gasteiger partial charge in [-0.1, -0.05) is 12.0 Å². The summed E-state index contributed by atoms with van der Waals surface area (Å²) >= 11 is 0. The van der Waals surface area contributed by atoms with Gasteiger partial charge in [-0.25, -0.2) is 4.79 Å². The molecule has 3 nitrogen and oxygen atoms in total. The fourth-order valence-electron chi connectivity index (χ4n) is 1.85. The number of carboxylic acid groups (broad SMARTS) is 1. The van der Waals surface area contributed by atoms with E-state index in [1.165, 1.54) is 5.56 Å². The van der Waals surface area contributed by atoms with Crippen molar-refractivity contribution in [2.45, 2.75) is 6.42 Å². The number of nitrogens with zero attached hydrogens (tertiary/aromatic N) is 1. The number of anilines is 1. The van der Waals surface area contributed by atoms with Gasteiger partial charge in [-0.05, 0) is 24.1 Å². The minimum Gasteiger partial charge on any atom is -0.478 e. The lowest BCUT2D eigenvalue weighted by molar-refractivity contribution is 0.0697. The first-order valence-corrected chi connectivity index (χ1v) is 4.77. The van der Waals surface area contributed by atoms with E-state index in [0.717, 1.165) is 18.7 Å². The van der Waals surface area contributed by atoms with Crippen molar-refractivity contribution in [3.05, 3.63) is 29.3 Å². The Bertz CT molecular complexity index is 445. The highest BCUT2D eigenvalue weighted by molar-refractivity contribution is 5.89. The minimum absolute atomic E-state index is 0.317. The Morgan fingerprint density at radius 1 is 1.60 bits per heavy atom.